The zero-order chi connectivity index (χ0) is 22.9. The van der Waals surface area contributed by atoms with Gasteiger partial charge in [0, 0.05) is 42.2 Å². The molecule has 0 spiro atoms. The number of nitrogens with two attached hydrogens (primary N) is 1. The van der Waals surface area contributed by atoms with E-state index in [1.54, 1.807) is 12.1 Å². The first-order chi connectivity index (χ1) is 16.0. The molecule has 1 unspecified atom stereocenters. The van der Waals surface area contributed by atoms with Gasteiger partial charge in [0.1, 0.15) is 17.4 Å². The number of ether oxygens (including phenoxy) is 1. The first kappa shape index (κ1) is 24.5. The van der Waals surface area contributed by atoms with Crippen LogP contribution in [0.5, 0.6) is 5.75 Å². The Balaban J connectivity index is 0.00000274. The number of amides is 1. The highest BCUT2D eigenvalue weighted by Crippen LogP contribution is 2.36. The lowest BCUT2D eigenvalue weighted by Crippen LogP contribution is -2.44. The smallest absolute Gasteiger partial charge is 0.252 e. The average molecular weight is 490 g/mol. The summed E-state index contributed by atoms with van der Waals surface area (Å²) in [5.41, 5.74) is 8.28. The molecule has 1 atom stereocenters. The van der Waals surface area contributed by atoms with Crippen molar-refractivity contribution < 1.29 is 18.3 Å². The molecular weight excluding hydrogens is 460 g/mol. The number of H-pyrrole nitrogens is 1. The van der Waals surface area contributed by atoms with Crippen LogP contribution in [0.3, 0.4) is 0 Å². The molecule has 182 valence electrons. The Kier molecular flexibility index (Phi) is 7.43. The van der Waals surface area contributed by atoms with Crippen LogP contribution in [-0.4, -0.2) is 35.1 Å². The van der Waals surface area contributed by atoms with Gasteiger partial charge >= 0.3 is 0 Å². The van der Waals surface area contributed by atoms with Gasteiger partial charge < -0.3 is 15.5 Å². The minimum atomic E-state index is -0.601. The number of halogens is 3. The molecule has 3 N–H and O–H groups in total. The second kappa shape index (κ2) is 10.3. The molecule has 1 aliphatic carbocycles. The van der Waals surface area contributed by atoms with Crippen molar-refractivity contribution in [2.24, 2.45) is 11.7 Å². The van der Waals surface area contributed by atoms with E-state index >= 15 is 0 Å². The van der Waals surface area contributed by atoms with Crippen molar-refractivity contribution in [1.82, 2.24) is 9.88 Å². The fourth-order valence-electron chi connectivity index (χ4n) is 4.86. The van der Waals surface area contributed by atoms with E-state index in [0.717, 1.165) is 48.8 Å². The number of aryl methyl sites for hydroxylation is 1. The number of primary amides is 1. The lowest BCUT2D eigenvalue weighted by atomic mass is 9.99. The zero-order valence-electron chi connectivity index (χ0n) is 19.0. The molecule has 34 heavy (non-hydrogen) atoms. The van der Waals surface area contributed by atoms with Gasteiger partial charge in [-0.25, -0.2) is 8.78 Å². The maximum Gasteiger partial charge on any atom is 0.252 e. The van der Waals surface area contributed by atoms with Crippen molar-refractivity contribution in [3.05, 3.63) is 64.9 Å². The van der Waals surface area contributed by atoms with E-state index in [-0.39, 0.29) is 35.8 Å². The molecule has 5 nitrogen and oxygen atoms in total. The molecule has 1 fully saturated rings. The number of aromatic nitrogens is 1. The topological polar surface area (TPSA) is 71.4 Å². The third kappa shape index (κ3) is 5.20. The van der Waals surface area contributed by atoms with E-state index in [4.69, 9.17) is 10.5 Å². The van der Waals surface area contributed by atoms with Crippen molar-refractivity contribution in [3.8, 4) is 5.75 Å². The fraction of sp³-hybridized carbons (Fsp3) is 0.423. The molecule has 2 aliphatic rings. The summed E-state index contributed by atoms with van der Waals surface area (Å²) in [6.45, 7) is 1.80. The summed E-state index contributed by atoms with van der Waals surface area (Å²) in [4.78, 5) is 17.4. The Morgan fingerprint density at radius 2 is 1.97 bits per heavy atom. The Morgan fingerprint density at radius 3 is 2.74 bits per heavy atom. The van der Waals surface area contributed by atoms with Crippen molar-refractivity contribution in [2.45, 2.75) is 51.2 Å². The molecule has 1 saturated carbocycles. The molecule has 2 aromatic carbocycles. The number of rotatable bonds is 9. The van der Waals surface area contributed by atoms with Crippen LogP contribution < -0.4 is 10.5 Å². The van der Waals surface area contributed by atoms with E-state index in [1.807, 2.05) is 6.20 Å². The van der Waals surface area contributed by atoms with Gasteiger partial charge in [0.15, 0.2) is 6.23 Å². The average Bonchev–Trinajstić information content (AvgIpc) is 3.54. The van der Waals surface area contributed by atoms with Gasteiger partial charge in [0.05, 0.1) is 5.56 Å². The van der Waals surface area contributed by atoms with Gasteiger partial charge in [-0.15, -0.1) is 12.4 Å². The largest absolute Gasteiger partial charge is 0.474 e. The summed E-state index contributed by atoms with van der Waals surface area (Å²) in [6, 6.07) is 7.53. The summed E-state index contributed by atoms with van der Waals surface area (Å²) < 4.78 is 34.2. The fourth-order valence-corrected chi connectivity index (χ4v) is 4.86. The normalized spacial score (nSPS) is 17.3. The number of hydrogen-bond acceptors (Lipinski definition) is 3. The highest BCUT2D eigenvalue weighted by atomic mass is 35.5. The number of carbonyl (C=O) groups excluding carboxylic acids is 1. The number of aromatic amines is 1. The van der Waals surface area contributed by atoms with Gasteiger partial charge in [0.25, 0.3) is 5.91 Å². The van der Waals surface area contributed by atoms with Crippen molar-refractivity contribution in [3.63, 3.8) is 0 Å². The molecule has 8 heteroatoms. The van der Waals surface area contributed by atoms with Crippen LogP contribution in [0.2, 0.25) is 0 Å². The van der Waals surface area contributed by atoms with Gasteiger partial charge in [0.2, 0.25) is 0 Å². The van der Waals surface area contributed by atoms with Crippen molar-refractivity contribution >= 4 is 29.2 Å². The number of nitrogens with zero attached hydrogens (tertiary/aromatic N) is 1. The van der Waals surface area contributed by atoms with Crippen LogP contribution in [0.15, 0.2) is 36.5 Å². The SMILES string of the molecule is Cl.NC(=O)c1ccc(F)c2c1OC(N(CCCCc1c[nH]c3ccc(F)cc13)CC1CC1)CC2. The molecule has 1 aromatic heterocycles. The third-order valence-corrected chi connectivity index (χ3v) is 6.83. The van der Waals surface area contributed by atoms with Gasteiger partial charge in [-0.05, 0) is 80.3 Å². The lowest BCUT2D eigenvalue weighted by molar-refractivity contribution is 0.00412. The lowest BCUT2D eigenvalue weighted by Gasteiger charge is -2.36. The van der Waals surface area contributed by atoms with Crippen LogP contribution in [0.1, 0.15) is 53.6 Å². The number of carbonyl (C=O) groups is 1. The van der Waals surface area contributed by atoms with Crippen LogP contribution in [0, 0.1) is 17.6 Å². The minimum Gasteiger partial charge on any atom is -0.474 e. The molecule has 1 aliphatic heterocycles. The van der Waals surface area contributed by atoms with E-state index < -0.39 is 5.91 Å². The predicted octanol–water partition coefficient (Wildman–Crippen LogP) is 5.35. The zero-order valence-corrected chi connectivity index (χ0v) is 19.8. The van der Waals surface area contributed by atoms with Crippen LogP contribution in [-0.2, 0) is 12.8 Å². The number of fused-ring (bicyclic) bond motifs is 2. The summed E-state index contributed by atoms with van der Waals surface area (Å²) in [7, 11) is 0. The monoisotopic (exact) mass is 489 g/mol. The Morgan fingerprint density at radius 1 is 1.15 bits per heavy atom. The van der Waals surface area contributed by atoms with Crippen LogP contribution >= 0.6 is 12.4 Å². The molecule has 2 heterocycles. The molecule has 5 rings (SSSR count). The highest BCUT2D eigenvalue weighted by Gasteiger charge is 2.33. The molecular formula is C26H30ClF2N3O2. The highest BCUT2D eigenvalue weighted by molar-refractivity contribution is 5.96. The maximum absolute atomic E-state index is 14.3. The Labute approximate surface area is 204 Å². The minimum absolute atomic E-state index is 0. The first-order valence-electron chi connectivity index (χ1n) is 11.8. The molecule has 3 aromatic rings. The van der Waals surface area contributed by atoms with Gasteiger partial charge in [-0.3, -0.25) is 9.69 Å². The Bertz CT molecular complexity index is 1180. The second-order valence-corrected chi connectivity index (χ2v) is 9.28. The summed E-state index contributed by atoms with van der Waals surface area (Å²) >= 11 is 0. The van der Waals surface area contributed by atoms with Gasteiger partial charge in [-0.2, -0.15) is 0 Å². The van der Waals surface area contributed by atoms with Crippen LogP contribution in [0.25, 0.3) is 10.9 Å². The Hall–Kier alpha value is -2.64. The number of hydrogen-bond donors (Lipinski definition) is 2. The van der Waals surface area contributed by atoms with E-state index in [2.05, 4.69) is 9.88 Å². The summed E-state index contributed by atoms with van der Waals surface area (Å²) in [5.74, 6) is -0.191. The standard InChI is InChI=1S/C26H29F2N3O2.ClH/c27-18-6-10-23-21(13-18)17(14-30-23)3-1-2-12-31(15-16-4-5-16)24-11-8-19-22(28)9-7-20(26(29)32)25(19)33-24;/h6-7,9-10,13-14,16,24,30H,1-5,8,11-12,15H2,(H2,29,32);1H. The third-order valence-electron chi connectivity index (χ3n) is 6.83. The van der Waals surface area contributed by atoms with E-state index in [1.165, 1.54) is 31.0 Å². The molecule has 0 bridgehead atoms. The maximum atomic E-state index is 14.3. The summed E-state index contributed by atoms with van der Waals surface area (Å²) in [6.07, 6.45) is 8.22. The molecule has 0 saturated heterocycles. The van der Waals surface area contributed by atoms with E-state index in [9.17, 15) is 13.6 Å². The quantitative estimate of drug-likeness (QED) is 0.398. The van der Waals surface area contributed by atoms with Crippen LogP contribution in [0.4, 0.5) is 8.78 Å². The molecule has 1 amide bonds. The van der Waals surface area contributed by atoms with Crippen molar-refractivity contribution in [1.29, 1.82) is 0 Å². The summed E-state index contributed by atoms with van der Waals surface area (Å²) in [5, 5.41) is 0.943. The second-order valence-electron chi connectivity index (χ2n) is 9.28. The number of nitrogens with one attached hydrogen (secondary N) is 1. The number of unbranched alkanes of at least 4 members (excludes halogenated alkanes) is 1. The predicted molar refractivity (Wildman–Crippen MR) is 130 cm³/mol. The molecule has 0 radical (unpaired) electrons. The van der Waals surface area contributed by atoms with Gasteiger partial charge in [-0.1, -0.05) is 0 Å². The van der Waals surface area contributed by atoms with E-state index in [0.29, 0.717) is 30.1 Å². The number of benzene rings is 2. The van der Waals surface area contributed by atoms with Crippen molar-refractivity contribution in [2.75, 3.05) is 13.1 Å². The first-order valence-corrected chi connectivity index (χ1v) is 11.8.